The van der Waals surface area contributed by atoms with E-state index in [1.165, 1.54) is 0 Å². The molecule has 1 N–H and O–H groups in total. The number of hydrogen-bond acceptors (Lipinski definition) is 5. The Balaban J connectivity index is 1.55. The van der Waals surface area contributed by atoms with Crippen LogP contribution in [0.15, 0.2) is 47.2 Å². The highest BCUT2D eigenvalue weighted by Gasteiger charge is 2.28. The van der Waals surface area contributed by atoms with Crippen molar-refractivity contribution in [3.8, 4) is 0 Å². The maximum absolute atomic E-state index is 12.5. The van der Waals surface area contributed by atoms with Crippen LogP contribution in [0, 0.1) is 0 Å². The minimum Gasteiger partial charge on any atom is -0.351 e. The van der Waals surface area contributed by atoms with Crippen LogP contribution >= 0.6 is 15.9 Å². The first-order valence-corrected chi connectivity index (χ1v) is 10.2. The summed E-state index contributed by atoms with van der Waals surface area (Å²) in [5, 5.41) is 3.27. The highest BCUT2D eigenvalue weighted by molar-refractivity contribution is 9.10. The Kier molecular flexibility index (Phi) is 5.47. The van der Waals surface area contributed by atoms with Gasteiger partial charge in [-0.1, -0.05) is 30.3 Å². The molecule has 0 bridgehead atoms. The van der Waals surface area contributed by atoms with E-state index in [1.807, 2.05) is 30.3 Å². The molecule has 1 aromatic carbocycles. The molecule has 6 nitrogen and oxygen atoms in total. The summed E-state index contributed by atoms with van der Waals surface area (Å²) in [6, 6.07) is 9.48. The highest BCUT2D eigenvalue weighted by atomic mass is 79.9. The summed E-state index contributed by atoms with van der Waals surface area (Å²) in [7, 11) is -3.27. The standard InChI is InChI=1S/C16H19BrN4O2S/c17-14-10-18-16(19-11-14)20-15-6-8-21(9-7-15)24(22,23)12-13-4-2-1-3-5-13/h1-5,10-11,15H,6-9,12H2,(H,18,19,20). The van der Waals surface area contributed by atoms with E-state index in [2.05, 4.69) is 31.2 Å². The molecule has 0 aliphatic carbocycles. The Morgan fingerprint density at radius 2 is 1.75 bits per heavy atom. The number of benzene rings is 1. The zero-order valence-electron chi connectivity index (χ0n) is 13.1. The fourth-order valence-corrected chi connectivity index (χ4v) is 4.49. The van der Waals surface area contributed by atoms with Crippen molar-refractivity contribution in [3.63, 3.8) is 0 Å². The summed E-state index contributed by atoms with van der Waals surface area (Å²) in [6.45, 7) is 1.03. The van der Waals surface area contributed by atoms with Gasteiger partial charge in [-0.2, -0.15) is 0 Å². The smallest absolute Gasteiger partial charge is 0.222 e. The molecular weight excluding hydrogens is 392 g/mol. The second-order valence-electron chi connectivity index (χ2n) is 5.78. The first kappa shape index (κ1) is 17.3. The Hall–Kier alpha value is -1.51. The minimum absolute atomic E-state index is 0.0573. The summed E-state index contributed by atoms with van der Waals surface area (Å²) in [4.78, 5) is 8.39. The van der Waals surface area contributed by atoms with Gasteiger partial charge in [0.05, 0.1) is 10.2 Å². The molecule has 2 heterocycles. The third kappa shape index (κ3) is 4.52. The maximum Gasteiger partial charge on any atom is 0.222 e. The molecule has 0 radical (unpaired) electrons. The molecule has 1 saturated heterocycles. The van der Waals surface area contributed by atoms with Crippen LogP contribution in [0.4, 0.5) is 5.95 Å². The molecular formula is C16H19BrN4O2S. The lowest BCUT2D eigenvalue weighted by molar-refractivity contribution is 0.329. The van der Waals surface area contributed by atoms with E-state index in [0.717, 1.165) is 22.9 Å². The molecule has 0 unspecified atom stereocenters. The summed E-state index contributed by atoms with van der Waals surface area (Å²) < 4.78 is 27.5. The zero-order valence-corrected chi connectivity index (χ0v) is 15.5. The molecule has 0 amide bonds. The van der Waals surface area contributed by atoms with Crippen molar-refractivity contribution in [1.29, 1.82) is 0 Å². The Morgan fingerprint density at radius 1 is 1.12 bits per heavy atom. The molecule has 1 aromatic heterocycles. The molecule has 3 rings (SSSR count). The van der Waals surface area contributed by atoms with Gasteiger partial charge in [-0.3, -0.25) is 0 Å². The Morgan fingerprint density at radius 3 is 2.38 bits per heavy atom. The second kappa shape index (κ2) is 7.58. The number of hydrogen-bond donors (Lipinski definition) is 1. The predicted molar refractivity (Wildman–Crippen MR) is 97.0 cm³/mol. The molecule has 1 fully saturated rings. The van der Waals surface area contributed by atoms with Crippen molar-refractivity contribution in [2.45, 2.75) is 24.6 Å². The number of aromatic nitrogens is 2. The lowest BCUT2D eigenvalue weighted by Crippen LogP contribution is -2.43. The quantitative estimate of drug-likeness (QED) is 0.819. The van der Waals surface area contributed by atoms with Crippen LogP contribution < -0.4 is 5.32 Å². The molecule has 0 atom stereocenters. The number of nitrogens with one attached hydrogen (secondary N) is 1. The van der Waals surface area contributed by atoms with Crippen LogP contribution in [0.2, 0.25) is 0 Å². The first-order chi connectivity index (χ1) is 11.5. The van der Waals surface area contributed by atoms with Gasteiger partial charge in [0.25, 0.3) is 0 Å². The van der Waals surface area contributed by atoms with E-state index in [4.69, 9.17) is 0 Å². The van der Waals surface area contributed by atoms with Gasteiger partial charge in [0.1, 0.15) is 0 Å². The number of rotatable bonds is 5. The van der Waals surface area contributed by atoms with Gasteiger partial charge < -0.3 is 5.32 Å². The van der Waals surface area contributed by atoms with Crippen molar-refractivity contribution in [2.24, 2.45) is 0 Å². The summed E-state index contributed by atoms with van der Waals surface area (Å²) in [5.41, 5.74) is 0.820. The molecule has 8 heteroatoms. The van der Waals surface area contributed by atoms with Crippen molar-refractivity contribution in [1.82, 2.24) is 14.3 Å². The molecule has 0 spiro atoms. The highest BCUT2D eigenvalue weighted by Crippen LogP contribution is 2.19. The van der Waals surface area contributed by atoms with Crippen LogP contribution in [-0.2, 0) is 15.8 Å². The summed E-state index contributed by atoms with van der Waals surface area (Å²) in [5.74, 6) is 0.630. The van der Waals surface area contributed by atoms with Crippen molar-refractivity contribution >= 4 is 31.9 Å². The van der Waals surface area contributed by atoms with Crippen molar-refractivity contribution in [2.75, 3.05) is 18.4 Å². The number of sulfonamides is 1. The number of nitrogens with zero attached hydrogens (tertiary/aromatic N) is 3. The maximum atomic E-state index is 12.5. The second-order valence-corrected chi connectivity index (χ2v) is 8.67. The first-order valence-electron chi connectivity index (χ1n) is 7.79. The number of anilines is 1. The molecule has 128 valence electrons. The molecule has 1 aliphatic heterocycles. The van der Waals surface area contributed by atoms with Crippen LogP contribution in [-0.4, -0.2) is 41.8 Å². The number of piperidine rings is 1. The Labute approximate surface area is 150 Å². The van der Waals surface area contributed by atoms with Gasteiger partial charge in [-0.25, -0.2) is 22.7 Å². The average molecular weight is 411 g/mol. The third-order valence-corrected chi connectivity index (χ3v) is 6.25. The monoisotopic (exact) mass is 410 g/mol. The van der Waals surface area contributed by atoms with Gasteiger partial charge in [-0.05, 0) is 34.3 Å². The van der Waals surface area contributed by atoms with Gasteiger partial charge in [0.15, 0.2) is 0 Å². The SMILES string of the molecule is O=S(=O)(Cc1ccccc1)N1CCC(Nc2ncc(Br)cn2)CC1. The van der Waals surface area contributed by atoms with Gasteiger partial charge >= 0.3 is 0 Å². The molecule has 1 aliphatic rings. The van der Waals surface area contributed by atoms with Crippen LogP contribution in [0.1, 0.15) is 18.4 Å². The predicted octanol–water partition coefficient (Wildman–Crippen LogP) is 2.65. The van der Waals surface area contributed by atoms with Crippen molar-refractivity contribution in [3.05, 3.63) is 52.8 Å². The van der Waals surface area contributed by atoms with Gasteiger partial charge in [0, 0.05) is 31.5 Å². The zero-order chi connectivity index (χ0) is 17.0. The molecule has 24 heavy (non-hydrogen) atoms. The van der Waals surface area contributed by atoms with E-state index in [0.29, 0.717) is 19.0 Å². The van der Waals surface area contributed by atoms with E-state index < -0.39 is 10.0 Å². The lowest BCUT2D eigenvalue weighted by atomic mass is 10.1. The van der Waals surface area contributed by atoms with Crippen LogP contribution in [0.25, 0.3) is 0 Å². The van der Waals surface area contributed by atoms with E-state index in [-0.39, 0.29) is 11.8 Å². The summed E-state index contributed by atoms with van der Waals surface area (Å²) >= 11 is 3.30. The number of halogens is 1. The average Bonchev–Trinajstić information content (AvgIpc) is 2.58. The normalized spacial score (nSPS) is 16.9. The lowest BCUT2D eigenvalue weighted by Gasteiger charge is -2.31. The van der Waals surface area contributed by atoms with Crippen LogP contribution in [0.3, 0.4) is 0 Å². The largest absolute Gasteiger partial charge is 0.351 e. The van der Waals surface area contributed by atoms with Crippen molar-refractivity contribution < 1.29 is 8.42 Å². The topological polar surface area (TPSA) is 75.2 Å². The molecule has 0 saturated carbocycles. The Bertz CT molecular complexity index is 760. The van der Waals surface area contributed by atoms with Gasteiger partial charge in [0.2, 0.25) is 16.0 Å². The molecule has 2 aromatic rings. The summed E-state index contributed by atoms with van der Waals surface area (Å²) in [6.07, 6.45) is 4.87. The van der Waals surface area contributed by atoms with Gasteiger partial charge in [-0.15, -0.1) is 0 Å². The third-order valence-electron chi connectivity index (χ3n) is 3.99. The fourth-order valence-electron chi connectivity index (χ4n) is 2.72. The minimum atomic E-state index is -3.27. The fraction of sp³-hybridized carbons (Fsp3) is 0.375. The van der Waals surface area contributed by atoms with E-state index in [9.17, 15) is 8.42 Å². The van der Waals surface area contributed by atoms with E-state index >= 15 is 0 Å². The van der Waals surface area contributed by atoms with E-state index in [1.54, 1.807) is 16.7 Å². The van der Waals surface area contributed by atoms with Crippen LogP contribution in [0.5, 0.6) is 0 Å².